The maximum Gasteiger partial charge on any atom is 0.280 e. The van der Waals surface area contributed by atoms with Gasteiger partial charge in [-0.25, -0.2) is 0 Å². The van der Waals surface area contributed by atoms with Gasteiger partial charge in [0, 0.05) is 18.3 Å². The van der Waals surface area contributed by atoms with E-state index in [0.29, 0.717) is 29.2 Å². The molecule has 1 aliphatic heterocycles. The summed E-state index contributed by atoms with van der Waals surface area (Å²) in [6.45, 7) is 2.57. The predicted molar refractivity (Wildman–Crippen MR) is 105 cm³/mol. The highest BCUT2D eigenvalue weighted by atomic mass is 16.6. The van der Waals surface area contributed by atoms with Gasteiger partial charge >= 0.3 is 0 Å². The Hall–Kier alpha value is -3.61. The molecule has 0 saturated heterocycles. The van der Waals surface area contributed by atoms with Gasteiger partial charge in [-0.15, -0.1) is 0 Å². The first-order valence-corrected chi connectivity index (χ1v) is 9.10. The molecular formula is C21H19N3O4. The summed E-state index contributed by atoms with van der Waals surface area (Å²) in [6, 6.07) is 17.3. The number of nitro groups is 1. The van der Waals surface area contributed by atoms with Crippen LogP contribution in [0.15, 0.2) is 65.1 Å². The lowest BCUT2D eigenvalue weighted by Gasteiger charge is -2.36. The number of hydrogen-bond donors (Lipinski definition) is 1. The Kier molecular flexibility index (Phi) is 4.57. The summed E-state index contributed by atoms with van der Waals surface area (Å²) in [4.78, 5) is 25.6. The van der Waals surface area contributed by atoms with Crippen LogP contribution in [-0.2, 0) is 0 Å². The summed E-state index contributed by atoms with van der Waals surface area (Å²) < 4.78 is 5.98. The summed E-state index contributed by atoms with van der Waals surface area (Å²) in [5.41, 5.74) is 1.75. The van der Waals surface area contributed by atoms with Crippen LogP contribution >= 0.6 is 0 Å². The normalized spacial score (nSPS) is 15.8. The number of amides is 1. The van der Waals surface area contributed by atoms with Crippen LogP contribution in [0.4, 0.5) is 11.4 Å². The lowest BCUT2D eigenvalue weighted by Crippen LogP contribution is -2.43. The molecule has 0 unspecified atom stereocenters. The fourth-order valence-corrected chi connectivity index (χ4v) is 3.47. The van der Waals surface area contributed by atoms with E-state index in [1.165, 1.54) is 6.07 Å². The SMILES string of the molecule is CCCN1C(=O)c2ccccc2N[C@@H]1c1ccc(-c2ccccc2[N+](=O)[O-])o1. The predicted octanol–water partition coefficient (Wildman–Crippen LogP) is 4.83. The maximum atomic E-state index is 13.0. The van der Waals surface area contributed by atoms with E-state index in [0.717, 1.165) is 12.1 Å². The zero-order valence-electron chi connectivity index (χ0n) is 15.3. The molecule has 1 N–H and O–H groups in total. The van der Waals surface area contributed by atoms with Crippen molar-refractivity contribution in [3.05, 3.63) is 82.1 Å². The van der Waals surface area contributed by atoms with E-state index in [1.807, 2.05) is 25.1 Å². The Bertz CT molecular complexity index is 1040. The largest absolute Gasteiger partial charge is 0.457 e. The molecule has 0 fully saturated rings. The van der Waals surface area contributed by atoms with E-state index in [2.05, 4.69) is 5.32 Å². The molecule has 4 rings (SSSR count). The molecular weight excluding hydrogens is 358 g/mol. The number of nitrogens with zero attached hydrogens (tertiary/aromatic N) is 2. The number of nitro benzene ring substituents is 1. The minimum Gasteiger partial charge on any atom is -0.457 e. The molecule has 2 heterocycles. The van der Waals surface area contributed by atoms with Gasteiger partial charge in [-0.3, -0.25) is 14.9 Å². The van der Waals surface area contributed by atoms with Crippen LogP contribution in [0.25, 0.3) is 11.3 Å². The number of para-hydroxylation sites is 2. The van der Waals surface area contributed by atoms with Crippen LogP contribution < -0.4 is 5.32 Å². The second-order valence-electron chi connectivity index (χ2n) is 6.57. The van der Waals surface area contributed by atoms with Crippen molar-refractivity contribution in [3.63, 3.8) is 0 Å². The van der Waals surface area contributed by atoms with Crippen molar-refractivity contribution < 1.29 is 14.1 Å². The average Bonchev–Trinajstić information content (AvgIpc) is 3.20. The van der Waals surface area contributed by atoms with Crippen LogP contribution in [0.3, 0.4) is 0 Å². The fourth-order valence-electron chi connectivity index (χ4n) is 3.47. The quantitative estimate of drug-likeness (QED) is 0.508. The van der Waals surface area contributed by atoms with E-state index < -0.39 is 11.1 Å². The highest BCUT2D eigenvalue weighted by Crippen LogP contribution is 2.37. The van der Waals surface area contributed by atoms with Crippen molar-refractivity contribution in [1.82, 2.24) is 4.90 Å². The zero-order chi connectivity index (χ0) is 19.7. The number of fused-ring (bicyclic) bond motifs is 1. The number of benzene rings is 2. The van der Waals surface area contributed by atoms with Crippen molar-refractivity contribution in [1.29, 1.82) is 0 Å². The molecule has 0 saturated carbocycles. The topological polar surface area (TPSA) is 88.6 Å². The summed E-state index contributed by atoms with van der Waals surface area (Å²) in [7, 11) is 0. The van der Waals surface area contributed by atoms with E-state index in [9.17, 15) is 14.9 Å². The minimum absolute atomic E-state index is 0.0214. The van der Waals surface area contributed by atoms with Crippen molar-refractivity contribution >= 4 is 17.3 Å². The number of furan rings is 1. The molecule has 7 nitrogen and oxygen atoms in total. The van der Waals surface area contributed by atoms with Crippen LogP contribution in [0.5, 0.6) is 0 Å². The Balaban J connectivity index is 1.73. The van der Waals surface area contributed by atoms with E-state index in [1.54, 1.807) is 41.3 Å². The van der Waals surface area contributed by atoms with Crippen molar-refractivity contribution in [3.8, 4) is 11.3 Å². The first kappa shape index (κ1) is 17.8. The minimum atomic E-state index is -0.473. The molecule has 1 aliphatic rings. The number of carbonyl (C=O) groups excluding carboxylic acids is 1. The van der Waals surface area contributed by atoms with Gasteiger partial charge in [-0.2, -0.15) is 0 Å². The molecule has 2 aromatic carbocycles. The molecule has 0 bridgehead atoms. The van der Waals surface area contributed by atoms with Crippen LogP contribution in [0.1, 0.15) is 35.6 Å². The van der Waals surface area contributed by atoms with E-state index in [4.69, 9.17) is 4.42 Å². The van der Waals surface area contributed by atoms with Crippen LogP contribution in [0.2, 0.25) is 0 Å². The number of rotatable bonds is 5. The van der Waals surface area contributed by atoms with E-state index >= 15 is 0 Å². The van der Waals surface area contributed by atoms with Gasteiger partial charge in [0.05, 0.1) is 16.1 Å². The van der Waals surface area contributed by atoms with Crippen molar-refractivity contribution in [2.24, 2.45) is 0 Å². The smallest absolute Gasteiger partial charge is 0.280 e. The zero-order valence-corrected chi connectivity index (χ0v) is 15.3. The first-order chi connectivity index (χ1) is 13.6. The number of anilines is 1. The summed E-state index contributed by atoms with van der Waals surface area (Å²) in [6.07, 6.45) is 0.322. The molecule has 7 heteroatoms. The Morgan fingerprint density at radius 1 is 1.07 bits per heavy atom. The number of carbonyl (C=O) groups is 1. The highest BCUT2D eigenvalue weighted by Gasteiger charge is 2.34. The first-order valence-electron chi connectivity index (χ1n) is 9.10. The van der Waals surface area contributed by atoms with E-state index in [-0.39, 0.29) is 11.6 Å². The third-order valence-electron chi connectivity index (χ3n) is 4.75. The Labute approximate surface area is 161 Å². The van der Waals surface area contributed by atoms with Gasteiger partial charge < -0.3 is 14.6 Å². The number of nitrogens with one attached hydrogen (secondary N) is 1. The monoisotopic (exact) mass is 377 g/mol. The lowest BCUT2D eigenvalue weighted by molar-refractivity contribution is -0.384. The molecule has 0 radical (unpaired) electrons. The summed E-state index contributed by atoms with van der Waals surface area (Å²) in [5.74, 6) is 0.862. The second kappa shape index (κ2) is 7.19. The molecule has 1 amide bonds. The van der Waals surface area contributed by atoms with Gasteiger partial charge in [0.2, 0.25) is 0 Å². The average molecular weight is 377 g/mol. The summed E-state index contributed by atoms with van der Waals surface area (Å²) in [5, 5.41) is 14.7. The third-order valence-corrected chi connectivity index (χ3v) is 4.75. The van der Waals surface area contributed by atoms with Gasteiger partial charge in [0.25, 0.3) is 11.6 Å². The fraction of sp³-hybridized carbons (Fsp3) is 0.190. The van der Waals surface area contributed by atoms with Gasteiger partial charge in [0.15, 0.2) is 6.17 Å². The molecule has 1 atom stereocenters. The standard InChI is InChI=1S/C21H19N3O4/c1-2-13-23-20(22-16-9-5-3-7-14(16)21(23)25)19-12-11-18(28-19)15-8-4-6-10-17(15)24(26)27/h3-12,20,22H,2,13H2,1H3/t20-/m0/s1. The van der Waals surface area contributed by atoms with Crippen molar-refractivity contribution in [2.45, 2.75) is 19.5 Å². The molecule has 142 valence electrons. The summed E-state index contributed by atoms with van der Waals surface area (Å²) >= 11 is 0. The lowest BCUT2D eigenvalue weighted by atomic mass is 10.1. The van der Waals surface area contributed by atoms with Crippen LogP contribution in [-0.4, -0.2) is 22.3 Å². The van der Waals surface area contributed by atoms with Crippen molar-refractivity contribution in [2.75, 3.05) is 11.9 Å². The molecule has 3 aromatic rings. The van der Waals surface area contributed by atoms with Crippen LogP contribution in [0, 0.1) is 10.1 Å². The molecule has 0 aliphatic carbocycles. The second-order valence-corrected chi connectivity index (χ2v) is 6.57. The number of hydrogen-bond acceptors (Lipinski definition) is 5. The Morgan fingerprint density at radius 2 is 1.79 bits per heavy atom. The molecule has 28 heavy (non-hydrogen) atoms. The Morgan fingerprint density at radius 3 is 2.54 bits per heavy atom. The highest BCUT2D eigenvalue weighted by molar-refractivity contribution is 6.01. The maximum absolute atomic E-state index is 13.0. The molecule has 0 spiro atoms. The van der Waals surface area contributed by atoms with Gasteiger partial charge in [0.1, 0.15) is 11.5 Å². The van der Waals surface area contributed by atoms with Gasteiger partial charge in [-0.1, -0.05) is 31.2 Å². The third kappa shape index (κ3) is 3.00. The van der Waals surface area contributed by atoms with Gasteiger partial charge in [-0.05, 0) is 36.8 Å². The molecule has 1 aromatic heterocycles.